The van der Waals surface area contributed by atoms with Crippen molar-refractivity contribution >= 4 is 39.0 Å². The van der Waals surface area contributed by atoms with E-state index in [1.165, 1.54) is 56.9 Å². The SMILES string of the molecule is COc1ccc(NC(=O)/C(C#N)=N/Nc2ccc(S(=O)(=O)Nc3ncccn3)cc2)cc1OC. The summed E-state index contributed by atoms with van der Waals surface area (Å²) in [6, 6.07) is 13.5. The molecule has 174 valence electrons. The second-order valence-electron chi connectivity index (χ2n) is 6.41. The molecule has 2 aromatic carbocycles. The van der Waals surface area contributed by atoms with Crippen molar-refractivity contribution in [3.63, 3.8) is 0 Å². The molecule has 0 spiro atoms. The smallest absolute Gasteiger partial charge is 0.287 e. The van der Waals surface area contributed by atoms with Gasteiger partial charge in [-0.3, -0.25) is 10.2 Å². The van der Waals surface area contributed by atoms with Crippen LogP contribution in [0.3, 0.4) is 0 Å². The van der Waals surface area contributed by atoms with Crippen molar-refractivity contribution in [3.8, 4) is 17.6 Å². The maximum absolute atomic E-state index is 12.4. The number of nitriles is 1. The largest absolute Gasteiger partial charge is 0.493 e. The highest BCUT2D eigenvalue weighted by Crippen LogP contribution is 2.29. The minimum absolute atomic E-state index is 0.0406. The molecule has 0 bridgehead atoms. The number of nitrogens with zero attached hydrogens (tertiary/aromatic N) is 4. The Bertz CT molecular complexity index is 1340. The van der Waals surface area contributed by atoms with E-state index in [0.29, 0.717) is 22.9 Å². The zero-order chi connectivity index (χ0) is 24.6. The highest BCUT2D eigenvalue weighted by Gasteiger charge is 2.16. The van der Waals surface area contributed by atoms with Crippen LogP contribution in [0.1, 0.15) is 0 Å². The second-order valence-corrected chi connectivity index (χ2v) is 8.09. The molecule has 3 rings (SSSR count). The van der Waals surface area contributed by atoms with Crippen molar-refractivity contribution in [2.75, 3.05) is 29.7 Å². The minimum Gasteiger partial charge on any atom is -0.493 e. The summed E-state index contributed by atoms with van der Waals surface area (Å²) in [7, 11) is -0.959. The summed E-state index contributed by atoms with van der Waals surface area (Å²) in [5, 5.41) is 15.6. The molecular formula is C21H19N7O5S. The predicted molar refractivity (Wildman–Crippen MR) is 124 cm³/mol. The maximum atomic E-state index is 12.4. The van der Waals surface area contributed by atoms with Crippen LogP contribution in [0.4, 0.5) is 17.3 Å². The molecule has 0 unspecified atom stereocenters. The maximum Gasteiger partial charge on any atom is 0.287 e. The van der Waals surface area contributed by atoms with E-state index in [1.54, 1.807) is 24.3 Å². The van der Waals surface area contributed by atoms with Crippen molar-refractivity contribution in [2.45, 2.75) is 4.90 Å². The van der Waals surface area contributed by atoms with Gasteiger partial charge in [-0.15, -0.1) is 0 Å². The van der Waals surface area contributed by atoms with Gasteiger partial charge >= 0.3 is 0 Å². The first kappa shape index (κ1) is 24.0. The molecule has 0 aliphatic heterocycles. The number of sulfonamides is 1. The van der Waals surface area contributed by atoms with E-state index in [0.717, 1.165) is 0 Å². The molecule has 34 heavy (non-hydrogen) atoms. The molecule has 0 saturated carbocycles. The lowest BCUT2D eigenvalue weighted by molar-refractivity contribution is -0.110. The molecule has 0 aliphatic rings. The molecule has 0 saturated heterocycles. The Morgan fingerprint density at radius 3 is 2.26 bits per heavy atom. The van der Waals surface area contributed by atoms with Gasteiger partial charge in [0.2, 0.25) is 11.7 Å². The van der Waals surface area contributed by atoms with Gasteiger partial charge in [0.25, 0.3) is 15.9 Å². The number of nitrogens with one attached hydrogen (secondary N) is 3. The Hall–Kier alpha value is -4.70. The number of benzene rings is 2. The topological polar surface area (TPSA) is 168 Å². The normalized spacial score (nSPS) is 11.1. The third-order valence-corrected chi connectivity index (χ3v) is 5.56. The van der Waals surface area contributed by atoms with Crippen LogP contribution >= 0.6 is 0 Å². The molecule has 0 aliphatic carbocycles. The Morgan fingerprint density at radius 1 is 1.00 bits per heavy atom. The standard InChI is InChI=1S/C21H19N7O5S/c1-32-18-9-6-15(12-19(18)33-2)25-20(29)17(13-22)27-26-14-4-7-16(8-5-14)34(30,31)28-21-23-10-3-11-24-21/h3-12,26H,1-2H3,(H,25,29)(H,23,24,28)/b27-17+. The molecule has 0 atom stereocenters. The van der Waals surface area contributed by atoms with E-state index < -0.39 is 21.6 Å². The number of hydrazone groups is 1. The highest BCUT2D eigenvalue weighted by atomic mass is 32.2. The van der Waals surface area contributed by atoms with E-state index in [-0.39, 0.29) is 10.8 Å². The van der Waals surface area contributed by atoms with Gasteiger partial charge in [0.05, 0.1) is 24.8 Å². The van der Waals surface area contributed by atoms with Crippen LogP contribution in [-0.2, 0) is 14.8 Å². The Balaban J connectivity index is 1.67. The zero-order valence-electron chi connectivity index (χ0n) is 18.0. The lowest BCUT2D eigenvalue weighted by Gasteiger charge is -2.10. The molecule has 1 aromatic heterocycles. The van der Waals surface area contributed by atoms with Crippen molar-refractivity contribution in [2.24, 2.45) is 5.10 Å². The van der Waals surface area contributed by atoms with Crippen LogP contribution in [-0.4, -0.2) is 44.2 Å². The van der Waals surface area contributed by atoms with Crippen molar-refractivity contribution in [1.29, 1.82) is 5.26 Å². The summed E-state index contributed by atoms with van der Waals surface area (Å²) in [6.07, 6.45) is 2.81. The van der Waals surface area contributed by atoms with Gasteiger partial charge in [0.15, 0.2) is 11.5 Å². The van der Waals surface area contributed by atoms with Gasteiger partial charge in [0.1, 0.15) is 6.07 Å². The van der Waals surface area contributed by atoms with Crippen molar-refractivity contribution < 1.29 is 22.7 Å². The fourth-order valence-electron chi connectivity index (χ4n) is 2.59. The summed E-state index contributed by atoms with van der Waals surface area (Å²) in [5.41, 5.74) is 2.82. The highest BCUT2D eigenvalue weighted by molar-refractivity contribution is 7.92. The molecule has 13 heteroatoms. The van der Waals surface area contributed by atoms with Crippen LogP contribution in [0, 0.1) is 11.3 Å². The predicted octanol–water partition coefficient (Wildman–Crippen LogP) is 2.22. The molecule has 1 amide bonds. The average Bonchev–Trinajstić information content (AvgIpc) is 2.85. The Labute approximate surface area is 195 Å². The van der Waals surface area contributed by atoms with Crippen molar-refractivity contribution in [1.82, 2.24) is 9.97 Å². The average molecular weight is 481 g/mol. The lowest BCUT2D eigenvalue weighted by Crippen LogP contribution is -2.22. The van der Waals surface area contributed by atoms with Gasteiger partial charge in [-0.25, -0.2) is 23.1 Å². The van der Waals surface area contributed by atoms with Crippen LogP contribution in [0.2, 0.25) is 0 Å². The number of hydrogen-bond donors (Lipinski definition) is 3. The van der Waals surface area contributed by atoms with E-state index in [9.17, 15) is 18.5 Å². The first-order chi connectivity index (χ1) is 16.4. The number of carbonyl (C=O) groups excluding carboxylic acids is 1. The Kier molecular flexibility index (Phi) is 7.57. The summed E-state index contributed by atoms with van der Waals surface area (Å²) < 4.78 is 37.4. The van der Waals surface area contributed by atoms with Crippen molar-refractivity contribution in [3.05, 3.63) is 60.9 Å². The fraction of sp³-hybridized carbons (Fsp3) is 0.0952. The molecule has 0 fully saturated rings. The molecule has 12 nitrogen and oxygen atoms in total. The lowest BCUT2D eigenvalue weighted by atomic mass is 10.2. The van der Waals surface area contributed by atoms with E-state index in [4.69, 9.17) is 9.47 Å². The second kappa shape index (κ2) is 10.7. The first-order valence-electron chi connectivity index (χ1n) is 9.53. The quantitative estimate of drug-likeness (QED) is 0.306. The molecule has 3 N–H and O–H groups in total. The first-order valence-corrected chi connectivity index (χ1v) is 11.0. The molecule has 3 aromatic rings. The molecule has 1 heterocycles. The minimum atomic E-state index is -3.90. The summed E-state index contributed by atoms with van der Waals surface area (Å²) in [6.45, 7) is 0. The third-order valence-electron chi connectivity index (χ3n) is 4.22. The number of anilines is 3. The van der Waals surface area contributed by atoms with Gasteiger partial charge < -0.3 is 14.8 Å². The van der Waals surface area contributed by atoms with Crippen LogP contribution in [0.15, 0.2) is 70.9 Å². The molecule has 0 radical (unpaired) electrons. The summed E-state index contributed by atoms with van der Waals surface area (Å²) in [4.78, 5) is 20.0. The number of ether oxygens (including phenoxy) is 2. The summed E-state index contributed by atoms with van der Waals surface area (Å²) in [5.74, 6) is 0.0625. The van der Waals surface area contributed by atoms with Crippen LogP contribution in [0.25, 0.3) is 0 Å². The van der Waals surface area contributed by atoms with Gasteiger partial charge in [-0.2, -0.15) is 10.4 Å². The van der Waals surface area contributed by atoms with E-state index in [2.05, 4.69) is 30.5 Å². The number of amides is 1. The van der Waals surface area contributed by atoms with Gasteiger partial charge in [0, 0.05) is 24.1 Å². The fourth-order valence-corrected chi connectivity index (χ4v) is 3.55. The number of carbonyl (C=O) groups is 1. The number of methoxy groups -OCH3 is 2. The zero-order valence-corrected chi connectivity index (χ0v) is 18.8. The summed E-state index contributed by atoms with van der Waals surface area (Å²) >= 11 is 0. The van der Waals surface area contributed by atoms with Crippen LogP contribution < -0.4 is 24.9 Å². The number of hydrogen-bond acceptors (Lipinski definition) is 10. The van der Waals surface area contributed by atoms with Gasteiger partial charge in [-0.1, -0.05) is 0 Å². The third kappa shape index (κ3) is 5.96. The van der Waals surface area contributed by atoms with Crippen LogP contribution in [0.5, 0.6) is 11.5 Å². The monoisotopic (exact) mass is 481 g/mol. The Morgan fingerprint density at radius 2 is 1.65 bits per heavy atom. The molecular weight excluding hydrogens is 462 g/mol. The van der Waals surface area contributed by atoms with E-state index in [1.807, 2.05) is 0 Å². The van der Waals surface area contributed by atoms with E-state index >= 15 is 0 Å². The number of aromatic nitrogens is 2. The number of rotatable bonds is 9. The van der Waals surface area contributed by atoms with Gasteiger partial charge in [-0.05, 0) is 42.5 Å².